The second-order valence-electron chi connectivity index (χ2n) is 7.70. The number of nitriles is 1. The van der Waals surface area contributed by atoms with Gasteiger partial charge in [0, 0.05) is 37.7 Å². The maximum atomic E-state index is 12.4. The summed E-state index contributed by atoms with van der Waals surface area (Å²) < 4.78 is 7.64. The summed E-state index contributed by atoms with van der Waals surface area (Å²) in [7, 11) is 0. The Balaban J connectivity index is 1.46. The Morgan fingerprint density at radius 3 is 2.58 bits per heavy atom. The van der Waals surface area contributed by atoms with Crippen LogP contribution in [-0.2, 0) is 0 Å². The van der Waals surface area contributed by atoms with Crippen LogP contribution in [0.25, 0.3) is 5.69 Å². The molecule has 158 valence electrons. The predicted molar refractivity (Wildman–Crippen MR) is 121 cm³/mol. The Hall–Kier alpha value is -3.30. The van der Waals surface area contributed by atoms with E-state index in [4.69, 9.17) is 21.6 Å². The first-order valence-electron chi connectivity index (χ1n) is 10.2. The van der Waals surface area contributed by atoms with E-state index in [0.29, 0.717) is 27.8 Å². The number of ether oxygens (including phenoxy) is 1. The Morgan fingerprint density at radius 1 is 1.13 bits per heavy atom. The molecule has 0 unspecified atom stereocenters. The van der Waals surface area contributed by atoms with Crippen molar-refractivity contribution in [2.24, 2.45) is 0 Å². The van der Waals surface area contributed by atoms with Crippen LogP contribution in [0.2, 0.25) is 5.02 Å². The van der Waals surface area contributed by atoms with Crippen molar-refractivity contribution < 1.29 is 4.74 Å². The normalized spacial score (nSPS) is 14.3. The minimum absolute atomic E-state index is 0.100. The summed E-state index contributed by atoms with van der Waals surface area (Å²) in [6.45, 7) is 5.25. The van der Waals surface area contributed by atoms with Gasteiger partial charge in [0.1, 0.15) is 17.7 Å². The average molecular weight is 435 g/mol. The minimum atomic E-state index is -0.118. The summed E-state index contributed by atoms with van der Waals surface area (Å²) in [6.07, 6.45) is 1.81. The number of benzene rings is 2. The first-order chi connectivity index (χ1) is 14.9. The molecule has 7 heteroatoms. The van der Waals surface area contributed by atoms with E-state index in [2.05, 4.69) is 16.0 Å². The number of nitrogens with zero attached hydrogens (tertiary/aromatic N) is 4. The molecule has 1 aliphatic rings. The molecule has 6 nitrogen and oxygen atoms in total. The van der Waals surface area contributed by atoms with Gasteiger partial charge in [-0.3, -0.25) is 9.36 Å². The predicted octanol–water partition coefficient (Wildman–Crippen LogP) is 4.42. The minimum Gasteiger partial charge on any atom is -0.490 e. The van der Waals surface area contributed by atoms with E-state index >= 15 is 0 Å². The molecule has 2 heterocycles. The molecule has 0 N–H and O–H groups in total. The topological polar surface area (TPSA) is 71.2 Å². The molecular weight excluding hydrogens is 412 g/mol. The van der Waals surface area contributed by atoms with Gasteiger partial charge in [0.25, 0.3) is 5.56 Å². The Labute approximate surface area is 186 Å². The highest BCUT2D eigenvalue weighted by molar-refractivity contribution is 6.33. The second kappa shape index (κ2) is 8.83. The van der Waals surface area contributed by atoms with Gasteiger partial charge in [-0.25, -0.2) is 4.98 Å². The molecule has 0 saturated carbocycles. The van der Waals surface area contributed by atoms with Crippen LogP contribution in [0.15, 0.2) is 53.3 Å². The van der Waals surface area contributed by atoms with Crippen molar-refractivity contribution in [1.82, 2.24) is 9.55 Å². The number of halogens is 1. The molecule has 4 rings (SSSR count). The van der Waals surface area contributed by atoms with E-state index in [0.717, 1.165) is 37.4 Å². The third-order valence-corrected chi connectivity index (χ3v) is 5.76. The third kappa shape index (κ3) is 4.57. The maximum absolute atomic E-state index is 12.4. The average Bonchev–Trinajstić information content (AvgIpc) is 2.74. The summed E-state index contributed by atoms with van der Waals surface area (Å²) in [5, 5.41) is 9.64. The molecule has 0 amide bonds. The van der Waals surface area contributed by atoms with Crippen molar-refractivity contribution in [3.63, 3.8) is 0 Å². The number of aromatic nitrogens is 2. The molecular formula is C24H23ClN4O2. The second-order valence-corrected chi connectivity index (χ2v) is 8.11. The molecule has 1 saturated heterocycles. The fourth-order valence-corrected chi connectivity index (χ4v) is 4.29. The van der Waals surface area contributed by atoms with E-state index in [-0.39, 0.29) is 11.7 Å². The quantitative estimate of drug-likeness (QED) is 0.607. The van der Waals surface area contributed by atoms with Crippen LogP contribution in [0.5, 0.6) is 5.75 Å². The summed E-state index contributed by atoms with van der Waals surface area (Å²) in [6, 6.07) is 16.6. The Morgan fingerprint density at radius 2 is 1.90 bits per heavy atom. The van der Waals surface area contributed by atoms with Crippen molar-refractivity contribution in [2.75, 3.05) is 18.0 Å². The Bertz CT molecular complexity index is 1210. The van der Waals surface area contributed by atoms with E-state index in [1.165, 1.54) is 6.07 Å². The highest BCUT2D eigenvalue weighted by Gasteiger charge is 2.22. The number of piperidine rings is 1. The summed E-state index contributed by atoms with van der Waals surface area (Å²) >= 11 is 6.61. The summed E-state index contributed by atoms with van der Waals surface area (Å²) in [4.78, 5) is 19.0. The van der Waals surface area contributed by atoms with E-state index in [1.54, 1.807) is 16.7 Å². The summed E-state index contributed by atoms with van der Waals surface area (Å²) in [5.74, 6) is 1.36. The van der Waals surface area contributed by atoms with Crippen molar-refractivity contribution in [3.05, 3.63) is 81.0 Å². The van der Waals surface area contributed by atoms with Crippen molar-refractivity contribution >= 4 is 17.3 Å². The van der Waals surface area contributed by atoms with Gasteiger partial charge in [0.05, 0.1) is 28.0 Å². The molecule has 0 bridgehead atoms. The SMILES string of the molecule is Cc1cc(=O)n(-c2ccc(N3CCC(Oc4cccc(C#N)c4)CC3)c(Cl)c2)c(C)n1. The molecule has 2 aromatic carbocycles. The molecule has 1 fully saturated rings. The van der Waals surface area contributed by atoms with Crippen LogP contribution in [0, 0.1) is 25.2 Å². The molecule has 31 heavy (non-hydrogen) atoms. The first-order valence-corrected chi connectivity index (χ1v) is 10.6. The highest BCUT2D eigenvalue weighted by Crippen LogP contribution is 2.31. The molecule has 0 aliphatic carbocycles. The fourth-order valence-electron chi connectivity index (χ4n) is 3.99. The lowest BCUT2D eigenvalue weighted by atomic mass is 10.1. The highest BCUT2D eigenvalue weighted by atomic mass is 35.5. The van der Waals surface area contributed by atoms with Gasteiger partial charge in [0.15, 0.2) is 0 Å². The standard InChI is InChI=1S/C24H23ClN4O2/c1-16-12-24(30)29(17(2)27-16)19-6-7-23(22(25)14-19)28-10-8-20(9-11-28)31-21-5-3-4-18(13-21)15-26/h3-7,12-14,20H,8-11H2,1-2H3. The van der Waals surface area contributed by atoms with Gasteiger partial charge in [-0.15, -0.1) is 0 Å². The van der Waals surface area contributed by atoms with Gasteiger partial charge in [-0.05, 0) is 50.2 Å². The van der Waals surface area contributed by atoms with Crippen LogP contribution in [0.4, 0.5) is 5.69 Å². The van der Waals surface area contributed by atoms with Crippen molar-refractivity contribution in [1.29, 1.82) is 5.26 Å². The monoisotopic (exact) mass is 434 g/mol. The molecule has 1 aliphatic heterocycles. The van der Waals surface area contributed by atoms with E-state index in [9.17, 15) is 4.79 Å². The van der Waals surface area contributed by atoms with Gasteiger partial charge < -0.3 is 9.64 Å². The van der Waals surface area contributed by atoms with Gasteiger partial charge in [-0.1, -0.05) is 17.7 Å². The lowest BCUT2D eigenvalue weighted by molar-refractivity contribution is 0.171. The fraction of sp³-hybridized carbons (Fsp3) is 0.292. The lowest BCUT2D eigenvalue weighted by Gasteiger charge is -2.34. The van der Waals surface area contributed by atoms with Crippen LogP contribution in [0.3, 0.4) is 0 Å². The van der Waals surface area contributed by atoms with Crippen LogP contribution in [0.1, 0.15) is 29.9 Å². The molecule has 3 aromatic rings. The van der Waals surface area contributed by atoms with Gasteiger partial charge in [0.2, 0.25) is 0 Å². The number of hydrogen-bond acceptors (Lipinski definition) is 5. The maximum Gasteiger partial charge on any atom is 0.258 e. The largest absolute Gasteiger partial charge is 0.490 e. The molecule has 0 spiro atoms. The zero-order valence-corrected chi connectivity index (χ0v) is 18.3. The zero-order valence-electron chi connectivity index (χ0n) is 17.5. The number of aryl methyl sites for hydroxylation is 2. The first kappa shape index (κ1) is 21.0. The van der Waals surface area contributed by atoms with Crippen LogP contribution in [-0.4, -0.2) is 28.7 Å². The lowest BCUT2D eigenvalue weighted by Crippen LogP contribution is -2.38. The van der Waals surface area contributed by atoms with Crippen LogP contribution < -0.4 is 15.2 Å². The molecule has 0 atom stereocenters. The van der Waals surface area contributed by atoms with Crippen LogP contribution >= 0.6 is 11.6 Å². The number of rotatable bonds is 4. The van der Waals surface area contributed by atoms with E-state index in [1.807, 2.05) is 44.2 Å². The van der Waals surface area contributed by atoms with Crippen molar-refractivity contribution in [2.45, 2.75) is 32.8 Å². The summed E-state index contributed by atoms with van der Waals surface area (Å²) in [5.41, 5.74) is 2.83. The molecule has 1 aromatic heterocycles. The third-order valence-electron chi connectivity index (χ3n) is 5.45. The molecule has 0 radical (unpaired) electrons. The van der Waals surface area contributed by atoms with E-state index < -0.39 is 0 Å². The smallest absolute Gasteiger partial charge is 0.258 e. The van der Waals surface area contributed by atoms with Gasteiger partial charge in [-0.2, -0.15) is 5.26 Å². The van der Waals surface area contributed by atoms with Crippen molar-refractivity contribution in [3.8, 4) is 17.5 Å². The number of hydrogen-bond donors (Lipinski definition) is 0. The van der Waals surface area contributed by atoms with Gasteiger partial charge >= 0.3 is 0 Å². The number of anilines is 1. The zero-order chi connectivity index (χ0) is 22.0. The Kier molecular flexibility index (Phi) is 5.97.